The van der Waals surface area contributed by atoms with Crippen molar-refractivity contribution in [2.75, 3.05) is 12.3 Å². The molecule has 1 unspecified atom stereocenters. The Balaban J connectivity index is 3.73. The summed E-state index contributed by atoms with van der Waals surface area (Å²) in [5, 5.41) is 10.5. The quantitative estimate of drug-likeness (QED) is 0.270. The van der Waals surface area contributed by atoms with Gasteiger partial charge in [-0.25, -0.2) is 0 Å². The third kappa shape index (κ3) is 4.18. The van der Waals surface area contributed by atoms with E-state index in [-0.39, 0.29) is 12.3 Å². The normalized spacial score (nSPS) is 18.0. The van der Waals surface area contributed by atoms with Gasteiger partial charge in [0.1, 0.15) is 0 Å². The summed E-state index contributed by atoms with van der Waals surface area (Å²) in [5.41, 5.74) is 0. The summed E-state index contributed by atoms with van der Waals surface area (Å²) in [7, 11) is -3.00. The lowest BCUT2D eigenvalue weighted by Gasteiger charge is -2.01. The summed E-state index contributed by atoms with van der Waals surface area (Å²) >= 11 is 0. The summed E-state index contributed by atoms with van der Waals surface area (Å²) in [4.78, 5) is 8.81. The Hall–Kier alpha value is -0.340. The van der Waals surface area contributed by atoms with Gasteiger partial charge in [0.15, 0.2) is 0 Å². The van der Waals surface area contributed by atoms with Gasteiger partial charge >= 0.3 is 0 Å². The lowest BCUT2D eigenvalue weighted by atomic mass is 10.9. The number of hydrogen-bond donors (Lipinski definition) is 2. The van der Waals surface area contributed by atoms with Crippen molar-refractivity contribution < 1.29 is 14.7 Å². The van der Waals surface area contributed by atoms with Crippen LogP contribution in [0.3, 0.4) is 0 Å². The molecule has 54 valence electrons. The second-order valence-electron chi connectivity index (χ2n) is 1.64. The third-order valence-corrected chi connectivity index (χ3v) is 2.66. The zero-order valence-electron chi connectivity index (χ0n) is 5.19. The molecule has 4 nitrogen and oxygen atoms in total. The van der Waals surface area contributed by atoms with Crippen LogP contribution in [0.15, 0.2) is 5.16 Å². The molecule has 5 heteroatoms. The van der Waals surface area contributed by atoms with Gasteiger partial charge in [-0.1, -0.05) is 6.92 Å². The van der Waals surface area contributed by atoms with E-state index >= 15 is 0 Å². The average Bonchev–Trinajstić information content (AvgIpc) is 1.84. The maximum atomic E-state index is 10.7. The van der Waals surface area contributed by atoms with Gasteiger partial charge in [-0.3, -0.25) is 4.57 Å². The highest BCUT2D eigenvalue weighted by atomic mass is 31.2. The van der Waals surface area contributed by atoms with Crippen LogP contribution >= 0.6 is 7.37 Å². The monoisotopic (exact) mass is 151 g/mol. The molecule has 0 saturated heterocycles. The maximum Gasteiger partial charge on any atom is 0.205 e. The molecule has 2 N–H and O–H groups in total. The molecule has 0 spiro atoms. The van der Waals surface area contributed by atoms with Crippen LogP contribution < -0.4 is 0 Å². The molecule has 0 bridgehead atoms. The van der Waals surface area contributed by atoms with Gasteiger partial charge in [0.25, 0.3) is 0 Å². The average molecular weight is 151 g/mol. The minimum Gasteiger partial charge on any atom is -0.411 e. The number of rotatable bonds is 3. The van der Waals surface area contributed by atoms with E-state index in [2.05, 4.69) is 5.16 Å². The first kappa shape index (κ1) is 8.66. The molecule has 0 heterocycles. The molecule has 0 aromatic heterocycles. The van der Waals surface area contributed by atoms with E-state index in [1.807, 2.05) is 0 Å². The molecule has 0 saturated carbocycles. The van der Waals surface area contributed by atoms with E-state index in [0.29, 0.717) is 0 Å². The molecule has 9 heavy (non-hydrogen) atoms. The highest BCUT2D eigenvalue weighted by Crippen LogP contribution is 2.37. The smallest absolute Gasteiger partial charge is 0.205 e. The molecule has 0 aromatic rings. The van der Waals surface area contributed by atoms with Gasteiger partial charge in [0.2, 0.25) is 7.37 Å². The molecule has 0 aromatic carbocycles. The van der Waals surface area contributed by atoms with Gasteiger partial charge in [-0.05, 0) is 0 Å². The summed E-state index contributed by atoms with van der Waals surface area (Å²) in [6.45, 7) is 1.62. The van der Waals surface area contributed by atoms with Crippen LogP contribution in [-0.4, -0.2) is 28.6 Å². The zero-order chi connectivity index (χ0) is 7.33. The van der Waals surface area contributed by atoms with Crippen molar-refractivity contribution in [1.82, 2.24) is 0 Å². The van der Waals surface area contributed by atoms with Gasteiger partial charge in [0.05, 0.1) is 12.4 Å². The highest BCUT2D eigenvalue weighted by Gasteiger charge is 2.11. The maximum absolute atomic E-state index is 10.7. The van der Waals surface area contributed by atoms with E-state index in [0.717, 1.165) is 6.21 Å². The van der Waals surface area contributed by atoms with Crippen molar-refractivity contribution in [3.05, 3.63) is 0 Å². The van der Waals surface area contributed by atoms with Gasteiger partial charge in [-0.2, -0.15) is 0 Å². The van der Waals surface area contributed by atoms with Gasteiger partial charge in [0, 0.05) is 6.16 Å². The first-order chi connectivity index (χ1) is 4.12. The molecular formula is C4H10NO3P. The second kappa shape index (κ2) is 3.64. The number of nitrogens with zero attached hydrogens (tertiary/aromatic N) is 1. The van der Waals surface area contributed by atoms with Crippen LogP contribution in [0.2, 0.25) is 0 Å². The Bertz CT molecular complexity index is 145. The Morgan fingerprint density at radius 3 is 2.67 bits per heavy atom. The van der Waals surface area contributed by atoms with Gasteiger partial charge < -0.3 is 10.1 Å². The topological polar surface area (TPSA) is 69.9 Å². The summed E-state index contributed by atoms with van der Waals surface area (Å²) in [6.07, 6.45) is 1.21. The highest BCUT2D eigenvalue weighted by molar-refractivity contribution is 7.58. The van der Waals surface area contributed by atoms with Crippen molar-refractivity contribution in [2.24, 2.45) is 5.16 Å². The van der Waals surface area contributed by atoms with Crippen LogP contribution in [-0.2, 0) is 4.57 Å². The fourth-order valence-corrected chi connectivity index (χ4v) is 0.880. The molecule has 0 fully saturated rings. The van der Waals surface area contributed by atoms with E-state index in [4.69, 9.17) is 10.1 Å². The minimum atomic E-state index is -3.00. The Morgan fingerprint density at radius 1 is 1.78 bits per heavy atom. The molecule has 0 rings (SSSR count). The Morgan fingerprint density at radius 2 is 2.33 bits per heavy atom. The SMILES string of the molecule is CCP(=O)(O)CC=NO. The molecule has 0 aliphatic heterocycles. The van der Waals surface area contributed by atoms with E-state index < -0.39 is 7.37 Å². The predicted molar refractivity (Wildman–Crippen MR) is 35.5 cm³/mol. The predicted octanol–water partition coefficient (Wildman–Crippen LogP) is 0.737. The molecular weight excluding hydrogens is 141 g/mol. The molecule has 0 aliphatic carbocycles. The third-order valence-electron chi connectivity index (χ3n) is 0.943. The fraction of sp³-hybridized carbons (Fsp3) is 0.750. The number of hydrogen-bond acceptors (Lipinski definition) is 3. The summed E-state index contributed by atoms with van der Waals surface area (Å²) < 4.78 is 10.7. The van der Waals surface area contributed by atoms with E-state index in [1.54, 1.807) is 6.92 Å². The molecule has 0 radical (unpaired) electrons. The Kier molecular flexibility index (Phi) is 3.50. The second-order valence-corrected chi connectivity index (χ2v) is 4.33. The van der Waals surface area contributed by atoms with Gasteiger partial charge in [-0.15, -0.1) is 5.16 Å². The van der Waals surface area contributed by atoms with Crippen molar-refractivity contribution in [2.45, 2.75) is 6.92 Å². The standard InChI is InChI=1S/C4H10NO3P/c1-2-9(7,8)4-3-5-6/h3,6H,2,4H2,1H3,(H,7,8). The molecule has 1 atom stereocenters. The van der Waals surface area contributed by atoms with Crippen LogP contribution in [0, 0.1) is 0 Å². The van der Waals surface area contributed by atoms with Crippen molar-refractivity contribution in [1.29, 1.82) is 0 Å². The number of oxime groups is 1. The van der Waals surface area contributed by atoms with Crippen LogP contribution in [0.5, 0.6) is 0 Å². The van der Waals surface area contributed by atoms with Crippen molar-refractivity contribution in [3.63, 3.8) is 0 Å². The summed E-state index contributed by atoms with van der Waals surface area (Å²) in [5.74, 6) is 0. The van der Waals surface area contributed by atoms with Crippen molar-refractivity contribution in [3.8, 4) is 0 Å². The first-order valence-electron chi connectivity index (χ1n) is 2.59. The Labute approximate surface area is 53.6 Å². The summed E-state index contributed by atoms with van der Waals surface area (Å²) in [6, 6.07) is 0. The zero-order valence-corrected chi connectivity index (χ0v) is 6.08. The fourth-order valence-electron chi connectivity index (χ4n) is 0.293. The molecule has 0 amide bonds. The first-order valence-corrected chi connectivity index (χ1v) is 4.62. The van der Waals surface area contributed by atoms with Crippen LogP contribution in [0.4, 0.5) is 0 Å². The van der Waals surface area contributed by atoms with Crippen molar-refractivity contribution >= 4 is 13.6 Å². The lowest BCUT2D eigenvalue weighted by Crippen LogP contribution is -1.91. The lowest BCUT2D eigenvalue weighted by molar-refractivity contribution is 0.321. The van der Waals surface area contributed by atoms with Crippen LogP contribution in [0.1, 0.15) is 6.92 Å². The largest absolute Gasteiger partial charge is 0.411 e. The van der Waals surface area contributed by atoms with Crippen LogP contribution in [0.25, 0.3) is 0 Å². The molecule has 0 aliphatic rings. The van der Waals surface area contributed by atoms with E-state index in [9.17, 15) is 4.57 Å². The minimum absolute atomic E-state index is 0.0417. The van der Waals surface area contributed by atoms with E-state index in [1.165, 1.54) is 0 Å².